The van der Waals surface area contributed by atoms with Crippen molar-refractivity contribution >= 4 is 23.3 Å². The molecule has 1 amide bonds. The largest absolute Gasteiger partial charge is 0.490 e. The van der Waals surface area contributed by atoms with Gasteiger partial charge in [-0.2, -0.15) is 5.26 Å². The average molecular weight is 468 g/mol. The lowest BCUT2D eigenvalue weighted by Gasteiger charge is -2.29. The van der Waals surface area contributed by atoms with Crippen molar-refractivity contribution in [2.24, 2.45) is 17.8 Å². The number of anilines is 1. The van der Waals surface area contributed by atoms with E-state index in [1.807, 2.05) is 6.07 Å². The quantitative estimate of drug-likeness (QED) is 0.671. The van der Waals surface area contributed by atoms with E-state index in [1.165, 1.54) is 0 Å². The van der Waals surface area contributed by atoms with E-state index < -0.39 is 0 Å². The Morgan fingerprint density at radius 2 is 1.97 bits per heavy atom. The summed E-state index contributed by atoms with van der Waals surface area (Å²) in [5, 5.41) is 21.7. The molecule has 3 fully saturated rings. The molecule has 0 spiro atoms. The van der Waals surface area contributed by atoms with Crippen molar-refractivity contribution in [3.8, 4) is 11.8 Å². The van der Waals surface area contributed by atoms with Gasteiger partial charge in [-0.25, -0.2) is 9.97 Å². The van der Waals surface area contributed by atoms with Gasteiger partial charge in [0.2, 0.25) is 0 Å². The number of nitriles is 1. The van der Waals surface area contributed by atoms with Crippen LogP contribution < -0.4 is 15.0 Å². The summed E-state index contributed by atoms with van der Waals surface area (Å²) >= 11 is 6.08. The Bertz CT molecular complexity index is 1050. The van der Waals surface area contributed by atoms with Crippen molar-refractivity contribution in [2.45, 2.75) is 37.8 Å². The highest BCUT2D eigenvalue weighted by Crippen LogP contribution is 2.51. The number of nitrogens with zero attached hydrogens (tertiary/aromatic N) is 4. The van der Waals surface area contributed by atoms with Crippen molar-refractivity contribution in [1.82, 2.24) is 15.3 Å². The summed E-state index contributed by atoms with van der Waals surface area (Å²) in [6, 6.07) is 7.21. The van der Waals surface area contributed by atoms with Gasteiger partial charge >= 0.3 is 0 Å². The van der Waals surface area contributed by atoms with Crippen LogP contribution in [0, 0.1) is 29.1 Å². The Hall–Kier alpha value is -2.89. The van der Waals surface area contributed by atoms with E-state index in [0.29, 0.717) is 39.8 Å². The zero-order valence-corrected chi connectivity index (χ0v) is 18.9. The Kier molecular flexibility index (Phi) is 6.09. The molecule has 0 bridgehead atoms. The van der Waals surface area contributed by atoms with Gasteiger partial charge in [0, 0.05) is 31.8 Å². The number of amides is 1. The van der Waals surface area contributed by atoms with E-state index >= 15 is 0 Å². The Labute approximate surface area is 197 Å². The second kappa shape index (κ2) is 9.16. The SMILES string of the molecule is N#Cc1ccc(OC2CCC(NC(=O)c3cnc(N4C[C@@H]5[C@@H](CO)[C@@H]5C4)cn3)CC2)cc1Cl. The number of aromatic nitrogens is 2. The van der Waals surface area contributed by atoms with Gasteiger partial charge in [-0.1, -0.05) is 11.6 Å². The first-order chi connectivity index (χ1) is 16.1. The summed E-state index contributed by atoms with van der Waals surface area (Å²) in [7, 11) is 0. The van der Waals surface area contributed by atoms with E-state index in [9.17, 15) is 9.90 Å². The van der Waals surface area contributed by atoms with E-state index in [-0.39, 0.29) is 24.7 Å². The molecule has 1 saturated heterocycles. The van der Waals surface area contributed by atoms with Gasteiger partial charge in [-0.15, -0.1) is 0 Å². The molecule has 1 aliphatic heterocycles. The molecular formula is C24H26ClN5O3. The van der Waals surface area contributed by atoms with Crippen molar-refractivity contribution in [3.05, 3.63) is 46.9 Å². The number of fused-ring (bicyclic) bond motifs is 1. The summed E-state index contributed by atoms with van der Waals surface area (Å²) in [6.07, 6.45) is 6.53. The normalized spacial score (nSPS) is 28.0. The third-order valence-electron chi connectivity index (χ3n) is 7.15. The number of aliphatic hydroxyl groups excluding tert-OH is 1. The zero-order valence-electron chi connectivity index (χ0n) is 18.2. The number of ether oxygens (including phenoxy) is 1. The topological polar surface area (TPSA) is 111 Å². The van der Waals surface area contributed by atoms with Gasteiger partial charge < -0.3 is 20.1 Å². The monoisotopic (exact) mass is 467 g/mol. The lowest BCUT2D eigenvalue weighted by Crippen LogP contribution is -2.40. The molecule has 2 heterocycles. The van der Waals surface area contributed by atoms with E-state index in [0.717, 1.165) is 44.6 Å². The number of piperidine rings is 1. The van der Waals surface area contributed by atoms with Crippen LogP contribution >= 0.6 is 11.6 Å². The van der Waals surface area contributed by atoms with Crippen LogP contribution in [-0.2, 0) is 0 Å². The predicted octanol–water partition coefficient (Wildman–Crippen LogP) is 2.80. The second-order valence-corrected chi connectivity index (χ2v) is 9.56. The molecule has 33 heavy (non-hydrogen) atoms. The van der Waals surface area contributed by atoms with Gasteiger partial charge in [0.1, 0.15) is 23.3 Å². The molecule has 3 aliphatic rings. The molecule has 0 unspecified atom stereocenters. The summed E-state index contributed by atoms with van der Waals surface area (Å²) < 4.78 is 6.01. The highest BCUT2D eigenvalue weighted by atomic mass is 35.5. The number of hydrogen-bond acceptors (Lipinski definition) is 7. The molecule has 2 aromatic rings. The van der Waals surface area contributed by atoms with E-state index in [2.05, 4.69) is 20.2 Å². The van der Waals surface area contributed by atoms with Crippen LogP contribution in [0.25, 0.3) is 0 Å². The minimum Gasteiger partial charge on any atom is -0.490 e. The molecule has 9 heteroatoms. The van der Waals surface area contributed by atoms with E-state index in [1.54, 1.807) is 30.6 Å². The van der Waals surface area contributed by atoms with Gasteiger partial charge in [0.25, 0.3) is 5.91 Å². The van der Waals surface area contributed by atoms with Crippen LogP contribution in [0.2, 0.25) is 5.02 Å². The first kappa shape index (κ1) is 21.9. The number of aliphatic hydroxyl groups is 1. The molecule has 0 radical (unpaired) electrons. The average Bonchev–Trinajstić information content (AvgIpc) is 3.30. The molecule has 5 rings (SSSR count). The Balaban J connectivity index is 1.08. The second-order valence-electron chi connectivity index (χ2n) is 9.16. The van der Waals surface area contributed by atoms with Crippen LogP contribution in [0.5, 0.6) is 5.75 Å². The smallest absolute Gasteiger partial charge is 0.271 e. The molecule has 2 N–H and O–H groups in total. The molecular weight excluding hydrogens is 442 g/mol. The van der Waals surface area contributed by atoms with Crippen LogP contribution in [0.3, 0.4) is 0 Å². The van der Waals surface area contributed by atoms with Crippen molar-refractivity contribution in [3.63, 3.8) is 0 Å². The number of benzene rings is 1. The molecule has 3 atom stereocenters. The van der Waals surface area contributed by atoms with Gasteiger partial charge in [0.05, 0.1) is 29.1 Å². The fourth-order valence-electron chi connectivity index (χ4n) is 5.15. The number of rotatable bonds is 6. The maximum Gasteiger partial charge on any atom is 0.271 e. The number of nitrogens with one attached hydrogen (secondary N) is 1. The number of carbonyl (C=O) groups excluding carboxylic acids is 1. The predicted molar refractivity (Wildman–Crippen MR) is 122 cm³/mol. The fraction of sp³-hybridized carbons (Fsp3) is 0.500. The molecule has 2 aliphatic carbocycles. The first-order valence-corrected chi connectivity index (χ1v) is 11.8. The zero-order chi connectivity index (χ0) is 22.9. The summed E-state index contributed by atoms with van der Waals surface area (Å²) in [4.78, 5) is 23.6. The molecule has 172 valence electrons. The number of halogens is 1. The van der Waals surface area contributed by atoms with Crippen LogP contribution in [-0.4, -0.2) is 52.8 Å². The van der Waals surface area contributed by atoms with E-state index in [4.69, 9.17) is 21.6 Å². The van der Waals surface area contributed by atoms with Crippen molar-refractivity contribution in [2.75, 3.05) is 24.6 Å². The maximum atomic E-state index is 12.6. The summed E-state index contributed by atoms with van der Waals surface area (Å²) in [5.41, 5.74) is 0.751. The third kappa shape index (κ3) is 4.61. The Morgan fingerprint density at radius 3 is 2.58 bits per heavy atom. The minimum absolute atomic E-state index is 0.0540. The Morgan fingerprint density at radius 1 is 1.21 bits per heavy atom. The maximum absolute atomic E-state index is 12.6. The van der Waals surface area contributed by atoms with Gasteiger partial charge in [0.15, 0.2) is 0 Å². The summed E-state index contributed by atoms with van der Waals surface area (Å²) in [5.74, 6) is 2.81. The lowest BCUT2D eigenvalue weighted by molar-refractivity contribution is 0.0888. The third-order valence-corrected chi connectivity index (χ3v) is 7.46. The molecule has 1 aromatic heterocycles. The number of hydrogen-bond donors (Lipinski definition) is 2. The number of carbonyl (C=O) groups is 1. The summed E-state index contributed by atoms with van der Waals surface area (Å²) in [6.45, 7) is 2.07. The minimum atomic E-state index is -0.207. The first-order valence-electron chi connectivity index (χ1n) is 11.4. The van der Waals surface area contributed by atoms with Crippen molar-refractivity contribution < 1.29 is 14.6 Å². The van der Waals surface area contributed by atoms with Crippen LogP contribution in [0.1, 0.15) is 41.7 Å². The van der Waals surface area contributed by atoms with Crippen LogP contribution in [0.4, 0.5) is 5.82 Å². The highest BCUT2D eigenvalue weighted by Gasteiger charge is 2.55. The van der Waals surface area contributed by atoms with Gasteiger partial charge in [-0.3, -0.25) is 4.79 Å². The van der Waals surface area contributed by atoms with Crippen LogP contribution in [0.15, 0.2) is 30.6 Å². The molecule has 1 aromatic carbocycles. The molecule has 2 saturated carbocycles. The molecule has 8 nitrogen and oxygen atoms in total. The van der Waals surface area contributed by atoms with Crippen molar-refractivity contribution in [1.29, 1.82) is 5.26 Å². The van der Waals surface area contributed by atoms with Gasteiger partial charge in [-0.05, 0) is 55.6 Å². The highest BCUT2D eigenvalue weighted by molar-refractivity contribution is 6.31. The standard InChI is InChI=1S/C24H26ClN5O3/c25-21-7-17(4-1-14(21)8-26)33-16-5-2-15(3-6-16)29-24(32)22-9-28-23(10-27-22)30-11-18-19(12-30)20(18)13-31/h1,4,7,9-10,15-16,18-20,31H,2-3,5-6,11-13H2,(H,29,32)/t15?,16?,18-,19+,20+. The fourth-order valence-corrected chi connectivity index (χ4v) is 5.36. The lowest BCUT2D eigenvalue weighted by atomic mass is 9.93.